The number of nitrogens with zero attached hydrogens (tertiary/aromatic N) is 3. The SMILES string of the molecule is CCCCn1c[n+](Cc2ccccc2C#N)c2ccccc21.F[P-](F)(F)(F)(F)F. The molecule has 0 saturated carbocycles. The topological polar surface area (TPSA) is 32.6 Å². The van der Waals surface area contributed by atoms with Gasteiger partial charge in [-0.25, -0.2) is 9.13 Å². The van der Waals surface area contributed by atoms with Crippen molar-refractivity contribution in [1.82, 2.24) is 4.57 Å². The zero-order valence-electron chi connectivity index (χ0n) is 15.6. The van der Waals surface area contributed by atoms with Gasteiger partial charge in [0.05, 0.1) is 18.2 Å². The zero-order valence-corrected chi connectivity index (χ0v) is 16.5. The van der Waals surface area contributed by atoms with Crippen LogP contribution in [0.1, 0.15) is 30.9 Å². The van der Waals surface area contributed by atoms with Crippen molar-refractivity contribution in [3.8, 4) is 6.07 Å². The third-order valence-corrected chi connectivity index (χ3v) is 4.01. The number of fused-ring (bicyclic) bond motifs is 1. The van der Waals surface area contributed by atoms with Crippen LogP contribution >= 0.6 is 7.81 Å². The van der Waals surface area contributed by atoms with Gasteiger partial charge in [-0.2, -0.15) is 5.26 Å². The summed E-state index contributed by atoms with van der Waals surface area (Å²) in [5.41, 5.74) is 4.28. The molecule has 158 valence electrons. The Hall–Kier alpha value is -2.59. The van der Waals surface area contributed by atoms with Crippen molar-refractivity contribution in [2.45, 2.75) is 32.9 Å². The van der Waals surface area contributed by atoms with Gasteiger partial charge in [0.2, 0.25) is 6.33 Å². The first kappa shape index (κ1) is 22.7. The Kier molecular flexibility index (Phi) is 6.01. The minimum atomic E-state index is -10.7. The van der Waals surface area contributed by atoms with Gasteiger partial charge in [0, 0.05) is 5.56 Å². The van der Waals surface area contributed by atoms with Crippen LogP contribution in [0.4, 0.5) is 25.2 Å². The molecule has 0 atom stereocenters. The van der Waals surface area contributed by atoms with Crippen LogP contribution in [0, 0.1) is 11.3 Å². The monoisotopic (exact) mass is 435 g/mol. The van der Waals surface area contributed by atoms with Gasteiger partial charge in [-0.3, -0.25) is 0 Å². The molecule has 1 aromatic heterocycles. The maximum absolute atomic E-state index is 10.7. The molecule has 0 radical (unpaired) electrons. The first-order valence-electron chi connectivity index (χ1n) is 8.80. The number of imidazole rings is 1. The predicted molar refractivity (Wildman–Crippen MR) is 101 cm³/mol. The number of rotatable bonds is 5. The van der Waals surface area contributed by atoms with Gasteiger partial charge >= 0.3 is 33.0 Å². The summed E-state index contributed by atoms with van der Waals surface area (Å²) in [4.78, 5) is 0. The molecule has 3 nitrogen and oxygen atoms in total. The van der Waals surface area contributed by atoms with E-state index in [2.05, 4.69) is 52.7 Å². The van der Waals surface area contributed by atoms with Gasteiger partial charge in [0.1, 0.15) is 6.54 Å². The standard InChI is InChI=1S/C19H20N3.F6P/c1-2-3-12-21-15-22(19-11-7-6-10-18(19)21)14-17-9-5-4-8-16(17)13-20;1-7(2,3,4,5)6/h4-11,15H,2-3,12,14H2,1H3;/q+1;-1. The van der Waals surface area contributed by atoms with E-state index in [4.69, 9.17) is 0 Å². The molecular formula is C19H20F6N3P. The molecule has 0 spiro atoms. The molecule has 0 unspecified atom stereocenters. The Morgan fingerprint density at radius 1 is 0.966 bits per heavy atom. The molecule has 0 aliphatic carbocycles. The maximum atomic E-state index is 9.87. The van der Waals surface area contributed by atoms with Gasteiger partial charge in [-0.05, 0) is 24.6 Å². The average Bonchev–Trinajstić information content (AvgIpc) is 2.96. The van der Waals surface area contributed by atoms with E-state index in [0.29, 0.717) is 0 Å². The second-order valence-corrected chi connectivity index (χ2v) is 8.42. The van der Waals surface area contributed by atoms with Crippen molar-refractivity contribution in [3.05, 3.63) is 66.0 Å². The Morgan fingerprint density at radius 3 is 2.17 bits per heavy atom. The van der Waals surface area contributed by atoms with E-state index in [0.717, 1.165) is 24.2 Å². The van der Waals surface area contributed by atoms with Crippen molar-refractivity contribution in [2.24, 2.45) is 0 Å². The summed E-state index contributed by atoms with van der Waals surface area (Å²) in [5, 5.41) is 9.27. The minimum absolute atomic E-state index is 0.726. The second-order valence-electron chi connectivity index (χ2n) is 6.51. The molecule has 0 amide bonds. The van der Waals surface area contributed by atoms with Crippen LogP contribution in [0.2, 0.25) is 0 Å². The van der Waals surface area contributed by atoms with E-state index in [1.807, 2.05) is 24.3 Å². The summed E-state index contributed by atoms with van der Waals surface area (Å²) >= 11 is 0. The van der Waals surface area contributed by atoms with Gasteiger partial charge in [-0.1, -0.05) is 43.7 Å². The molecule has 0 bridgehead atoms. The van der Waals surface area contributed by atoms with Crippen LogP contribution in [0.3, 0.4) is 0 Å². The Balaban J connectivity index is 0.000000370. The molecule has 0 fully saturated rings. The van der Waals surface area contributed by atoms with E-state index in [9.17, 15) is 30.4 Å². The number of aryl methyl sites for hydroxylation is 1. The van der Waals surface area contributed by atoms with E-state index in [-0.39, 0.29) is 0 Å². The number of aromatic nitrogens is 2. The van der Waals surface area contributed by atoms with Crippen molar-refractivity contribution in [2.75, 3.05) is 0 Å². The van der Waals surface area contributed by atoms with E-state index < -0.39 is 7.81 Å². The molecule has 0 N–H and O–H groups in total. The molecule has 10 heteroatoms. The third kappa shape index (κ3) is 8.12. The number of benzene rings is 2. The van der Waals surface area contributed by atoms with Crippen LogP contribution in [-0.4, -0.2) is 4.57 Å². The van der Waals surface area contributed by atoms with Crippen molar-refractivity contribution >= 4 is 18.8 Å². The van der Waals surface area contributed by atoms with Crippen molar-refractivity contribution in [1.29, 1.82) is 5.26 Å². The number of halogens is 6. The molecule has 0 aliphatic heterocycles. The first-order valence-corrected chi connectivity index (χ1v) is 10.8. The van der Waals surface area contributed by atoms with Gasteiger partial charge < -0.3 is 0 Å². The van der Waals surface area contributed by atoms with Crippen LogP contribution in [0.5, 0.6) is 0 Å². The molecule has 2 aromatic carbocycles. The van der Waals surface area contributed by atoms with Gasteiger partial charge in [0.15, 0.2) is 11.0 Å². The quantitative estimate of drug-likeness (QED) is 0.241. The Bertz CT molecular complexity index is 1020. The summed E-state index contributed by atoms with van der Waals surface area (Å²) in [7, 11) is -10.7. The number of para-hydroxylation sites is 2. The Labute approximate surface area is 164 Å². The normalized spacial score (nSPS) is 13.7. The summed E-state index contributed by atoms with van der Waals surface area (Å²) in [6.45, 7) is 3.97. The van der Waals surface area contributed by atoms with Crippen molar-refractivity contribution < 1.29 is 29.7 Å². The molecule has 1 heterocycles. The fourth-order valence-corrected chi connectivity index (χ4v) is 2.83. The number of hydrogen-bond donors (Lipinski definition) is 0. The van der Waals surface area contributed by atoms with Crippen molar-refractivity contribution in [3.63, 3.8) is 0 Å². The summed E-state index contributed by atoms with van der Waals surface area (Å²) < 4.78 is 63.7. The van der Waals surface area contributed by atoms with E-state index in [1.165, 1.54) is 23.9 Å². The molecule has 29 heavy (non-hydrogen) atoms. The molecule has 0 saturated heterocycles. The van der Waals surface area contributed by atoms with Crippen LogP contribution < -0.4 is 4.57 Å². The fourth-order valence-electron chi connectivity index (χ4n) is 2.83. The average molecular weight is 435 g/mol. The second kappa shape index (κ2) is 7.68. The number of hydrogen-bond acceptors (Lipinski definition) is 1. The summed E-state index contributed by atoms with van der Waals surface area (Å²) in [6.07, 6.45) is 4.53. The van der Waals surface area contributed by atoms with E-state index in [1.54, 1.807) is 0 Å². The fraction of sp³-hybridized carbons (Fsp3) is 0.263. The van der Waals surface area contributed by atoms with Crippen LogP contribution in [0.15, 0.2) is 54.9 Å². The Morgan fingerprint density at radius 2 is 1.55 bits per heavy atom. The molecule has 3 aromatic rings. The number of unbranched alkanes of at least 4 members (excludes halogenated alkanes) is 1. The summed E-state index contributed by atoms with van der Waals surface area (Å²) in [6, 6.07) is 18.6. The van der Waals surface area contributed by atoms with Crippen LogP contribution in [0.25, 0.3) is 11.0 Å². The van der Waals surface area contributed by atoms with Gasteiger partial charge in [-0.15, -0.1) is 0 Å². The molecule has 3 rings (SSSR count). The predicted octanol–water partition coefficient (Wildman–Crippen LogP) is 7.03. The summed E-state index contributed by atoms with van der Waals surface area (Å²) in [5.74, 6) is 0. The van der Waals surface area contributed by atoms with Gasteiger partial charge in [0.25, 0.3) is 0 Å². The van der Waals surface area contributed by atoms with E-state index >= 15 is 0 Å². The molecule has 0 aliphatic rings. The third-order valence-electron chi connectivity index (χ3n) is 4.01. The first-order chi connectivity index (χ1) is 13.3. The zero-order chi connectivity index (χ0) is 21.8. The number of nitriles is 1. The molecular weight excluding hydrogens is 415 g/mol. The van der Waals surface area contributed by atoms with Crippen LogP contribution in [-0.2, 0) is 13.1 Å².